The van der Waals surface area contributed by atoms with E-state index >= 15 is 0 Å². The van der Waals surface area contributed by atoms with Crippen molar-refractivity contribution in [3.8, 4) is 0 Å². The summed E-state index contributed by atoms with van der Waals surface area (Å²) in [5.41, 5.74) is 0. The van der Waals surface area contributed by atoms with Gasteiger partial charge in [0.05, 0.1) is 0 Å². The van der Waals surface area contributed by atoms with Crippen LogP contribution in [0.2, 0.25) is 0 Å². The molecule has 24 nitrogen and oxygen atoms in total. The lowest BCUT2D eigenvalue weighted by Crippen LogP contribution is -2.27. The highest BCUT2D eigenvalue weighted by Gasteiger charge is 2.28. The first kappa shape index (κ1) is 76.6. The molecule has 0 aliphatic heterocycles. The molecule has 0 atom stereocenters. The Morgan fingerprint density at radius 1 is 0.194 bits per heavy atom. The van der Waals surface area contributed by atoms with Crippen molar-refractivity contribution in [1.29, 1.82) is 0 Å². The van der Waals surface area contributed by atoms with Gasteiger partial charge in [0.2, 0.25) is 0 Å². The van der Waals surface area contributed by atoms with Crippen molar-refractivity contribution in [3.05, 3.63) is 0 Å². The van der Waals surface area contributed by atoms with Crippen molar-refractivity contribution in [1.82, 2.24) is 0 Å². The van der Waals surface area contributed by atoms with Gasteiger partial charge >= 0.3 is 54.8 Å². The quantitative estimate of drug-likeness (QED) is 0.0635. The minimum Gasteiger partial charge on any atom is -0.412 e. The fraction of sp³-hybridized carbons (Fsp3) is 0. The molecule has 30 N–H and O–H groups in total. The molecular formula is H30F6O24Si6. The average molecular weight is 697 g/mol. The van der Waals surface area contributed by atoms with Crippen molar-refractivity contribution >= 4 is 54.8 Å². The number of rotatable bonds is 0. The Kier molecular flexibility index (Phi) is 66.2. The Balaban J connectivity index is -0.0000000186. The molecule has 0 saturated carbocycles. The zero-order valence-corrected chi connectivity index (χ0v) is 22.3. The van der Waals surface area contributed by atoms with E-state index in [0.717, 1.165) is 0 Å². The van der Waals surface area contributed by atoms with E-state index < -0.39 is 54.8 Å². The Morgan fingerprint density at radius 3 is 0.194 bits per heavy atom. The van der Waals surface area contributed by atoms with Gasteiger partial charge < -0.3 is 119 Å². The van der Waals surface area contributed by atoms with Crippen molar-refractivity contribution in [2.45, 2.75) is 0 Å². The predicted molar refractivity (Wildman–Crippen MR) is 103 cm³/mol. The highest BCUT2D eigenvalue weighted by molar-refractivity contribution is 6.49. The van der Waals surface area contributed by atoms with Gasteiger partial charge in [0, 0.05) is 0 Å². The molecule has 0 rings (SSSR count). The molecule has 36 heteroatoms. The molecule has 240 valence electrons. The molecular weight excluding hydrogens is 666 g/mol. The van der Waals surface area contributed by atoms with Crippen molar-refractivity contribution in [2.75, 3.05) is 0 Å². The maximum Gasteiger partial charge on any atom is 0.711 e. The van der Waals surface area contributed by atoms with Gasteiger partial charge in [-0.25, -0.2) is 24.6 Å². The summed E-state index contributed by atoms with van der Waals surface area (Å²) >= 11 is 0. The molecule has 0 amide bonds. The molecule has 0 unspecified atom stereocenters. The highest BCUT2D eigenvalue weighted by Crippen LogP contribution is 1.82. The van der Waals surface area contributed by atoms with Crippen LogP contribution in [0.4, 0.5) is 24.6 Å². The van der Waals surface area contributed by atoms with E-state index in [1.165, 1.54) is 0 Å². The molecule has 0 aromatic rings. The minimum atomic E-state index is -5.11. The zero-order chi connectivity index (χ0) is 27.0. The van der Waals surface area contributed by atoms with Crippen LogP contribution in [0, 0.1) is 0 Å². The molecule has 0 radical (unpaired) electrons. The normalized spacial score (nSPS) is 10.0. The van der Waals surface area contributed by atoms with Gasteiger partial charge in [0.25, 0.3) is 0 Å². The lowest BCUT2D eigenvalue weighted by molar-refractivity contribution is 0.162. The molecule has 0 aromatic heterocycles. The SMILES string of the molecule is O.O.O.O.O.O.O[Si](O)(O)F.O[Si](O)(O)F.O[Si](O)(O)F.O[Si](O)(O)F.O[Si](O)(O)F.O[Si](O)(O)F. The molecule has 0 bridgehead atoms. The third-order valence-electron chi connectivity index (χ3n) is 0. The van der Waals surface area contributed by atoms with E-state index in [2.05, 4.69) is 0 Å². The number of hydrogen-bond donors (Lipinski definition) is 18. The first-order valence-electron chi connectivity index (χ1n) is 5.16. The van der Waals surface area contributed by atoms with Gasteiger partial charge in [-0.15, -0.1) is 0 Å². The standard InChI is InChI=1S/6FH3O3Si.6H2O/c6*1-5(2,3)4;;;;;;/h6*2-4H;6*1H2. The molecule has 0 spiro atoms. The van der Waals surface area contributed by atoms with Crippen LogP contribution in [0.25, 0.3) is 0 Å². The summed E-state index contributed by atoms with van der Waals surface area (Å²) in [5.74, 6) is 0. The van der Waals surface area contributed by atoms with Gasteiger partial charge in [-0.3, -0.25) is 0 Å². The smallest absolute Gasteiger partial charge is 0.412 e. The molecule has 0 aliphatic rings. The molecule has 36 heavy (non-hydrogen) atoms. The first-order chi connectivity index (χ1) is 12.0. The van der Waals surface area contributed by atoms with E-state index in [9.17, 15) is 24.6 Å². The molecule has 0 aromatic carbocycles. The Labute approximate surface area is 199 Å². The first-order valence-corrected chi connectivity index (χ1v) is 15.5. The zero-order valence-electron chi connectivity index (χ0n) is 16.3. The van der Waals surface area contributed by atoms with Crippen LogP contribution >= 0.6 is 0 Å². The number of halogens is 6. The van der Waals surface area contributed by atoms with Gasteiger partial charge in [-0.1, -0.05) is 0 Å². The summed E-state index contributed by atoms with van der Waals surface area (Å²) in [4.78, 5) is 128. The van der Waals surface area contributed by atoms with Crippen LogP contribution in [0.3, 0.4) is 0 Å². The molecule has 0 saturated heterocycles. The second kappa shape index (κ2) is 31.1. The fourth-order valence-electron chi connectivity index (χ4n) is 0. The Hall–Kier alpha value is -0.0787. The monoisotopic (exact) mass is 696 g/mol. The van der Waals surface area contributed by atoms with E-state index in [4.69, 9.17) is 86.3 Å². The average Bonchev–Trinajstić information content (AvgIpc) is 1.94. The van der Waals surface area contributed by atoms with Crippen molar-refractivity contribution < 1.29 is 144 Å². The highest BCUT2D eigenvalue weighted by atomic mass is 28.4. The minimum absolute atomic E-state index is 0. The van der Waals surface area contributed by atoms with E-state index in [0.29, 0.717) is 0 Å². The summed E-state index contributed by atoms with van der Waals surface area (Å²) in [6, 6.07) is 0. The Morgan fingerprint density at radius 2 is 0.194 bits per heavy atom. The topological polar surface area (TPSA) is 553 Å². The van der Waals surface area contributed by atoms with E-state index in [-0.39, 0.29) is 32.9 Å². The maximum absolute atomic E-state index is 10.5. The predicted octanol–water partition coefficient (Wildman–Crippen LogP) is -14.7. The van der Waals surface area contributed by atoms with Crippen LogP contribution in [0.5, 0.6) is 0 Å². The van der Waals surface area contributed by atoms with Crippen molar-refractivity contribution in [2.24, 2.45) is 0 Å². The van der Waals surface area contributed by atoms with Gasteiger partial charge in [-0.2, -0.15) is 0 Å². The lowest BCUT2D eigenvalue weighted by Gasteiger charge is -1.88. The molecule has 0 fully saturated rings. The van der Waals surface area contributed by atoms with Gasteiger partial charge in [0.15, 0.2) is 0 Å². The third-order valence-corrected chi connectivity index (χ3v) is 0. The number of hydrogen-bond acceptors (Lipinski definition) is 18. The maximum atomic E-state index is 10.5. The van der Waals surface area contributed by atoms with Crippen LogP contribution < -0.4 is 0 Å². The molecule has 0 heterocycles. The van der Waals surface area contributed by atoms with E-state index in [1.807, 2.05) is 0 Å². The van der Waals surface area contributed by atoms with Crippen molar-refractivity contribution in [3.63, 3.8) is 0 Å². The lowest BCUT2D eigenvalue weighted by atomic mass is 15.7. The van der Waals surface area contributed by atoms with Gasteiger partial charge in [-0.05, 0) is 0 Å². The molecule has 0 aliphatic carbocycles. The van der Waals surface area contributed by atoms with E-state index in [1.54, 1.807) is 0 Å². The van der Waals surface area contributed by atoms with Gasteiger partial charge in [0.1, 0.15) is 0 Å². The van der Waals surface area contributed by atoms with Crippen LogP contribution in [-0.4, -0.2) is 174 Å². The summed E-state index contributed by atoms with van der Waals surface area (Å²) < 4.78 is 63.0. The van der Waals surface area contributed by atoms with Crippen LogP contribution in [0.15, 0.2) is 0 Å². The summed E-state index contributed by atoms with van der Waals surface area (Å²) in [6.07, 6.45) is 0. The second-order valence-electron chi connectivity index (χ2n) is 3.32. The Bertz CT molecular complexity index is 231. The largest absolute Gasteiger partial charge is 0.711 e. The summed E-state index contributed by atoms with van der Waals surface area (Å²) in [6.45, 7) is 0. The summed E-state index contributed by atoms with van der Waals surface area (Å²) in [5, 5.41) is 0. The van der Waals surface area contributed by atoms with Crippen LogP contribution in [0.1, 0.15) is 0 Å². The van der Waals surface area contributed by atoms with Crippen LogP contribution in [-0.2, 0) is 0 Å². The fourth-order valence-corrected chi connectivity index (χ4v) is 0. The summed E-state index contributed by atoms with van der Waals surface area (Å²) in [7, 11) is -30.7. The second-order valence-corrected chi connectivity index (χ2v) is 9.96. The third kappa shape index (κ3) is 5940000.